The molecule has 1 spiro atoms. The van der Waals surface area contributed by atoms with Crippen molar-refractivity contribution in [1.82, 2.24) is 10.2 Å². The predicted molar refractivity (Wildman–Crippen MR) is 83.0 cm³/mol. The lowest BCUT2D eigenvalue weighted by atomic mass is 9.76. The first-order chi connectivity index (χ1) is 9.66. The van der Waals surface area contributed by atoms with Gasteiger partial charge < -0.3 is 10.1 Å². The van der Waals surface area contributed by atoms with E-state index in [-0.39, 0.29) is 0 Å². The Kier molecular flexibility index (Phi) is 4.40. The van der Waals surface area contributed by atoms with Crippen LogP contribution in [0.2, 0.25) is 0 Å². The minimum atomic E-state index is 0.339. The van der Waals surface area contributed by atoms with Crippen LogP contribution in [0, 0.1) is 5.92 Å². The molecule has 2 heterocycles. The molecule has 2 aliphatic heterocycles. The molecule has 3 fully saturated rings. The highest BCUT2D eigenvalue weighted by molar-refractivity contribution is 5.04. The third-order valence-corrected chi connectivity index (χ3v) is 6.18. The summed E-state index contributed by atoms with van der Waals surface area (Å²) in [6.45, 7) is 10.4. The summed E-state index contributed by atoms with van der Waals surface area (Å²) in [5.74, 6) is 0.764. The average molecular weight is 280 g/mol. The zero-order valence-corrected chi connectivity index (χ0v) is 13.4. The van der Waals surface area contributed by atoms with Crippen LogP contribution in [0.5, 0.6) is 0 Å². The molecule has 0 amide bonds. The molecule has 3 rings (SSSR count). The van der Waals surface area contributed by atoms with E-state index in [9.17, 15) is 0 Å². The molecular weight excluding hydrogens is 248 g/mol. The highest BCUT2D eigenvalue weighted by Gasteiger charge is 2.45. The maximum Gasteiger partial charge on any atom is 0.0507 e. The van der Waals surface area contributed by atoms with Gasteiger partial charge in [0.15, 0.2) is 0 Å². The molecule has 0 radical (unpaired) electrons. The van der Waals surface area contributed by atoms with E-state index in [4.69, 9.17) is 4.74 Å². The summed E-state index contributed by atoms with van der Waals surface area (Å²) in [7, 11) is 0. The van der Waals surface area contributed by atoms with E-state index in [2.05, 4.69) is 24.1 Å². The van der Waals surface area contributed by atoms with Crippen LogP contribution in [-0.2, 0) is 4.74 Å². The van der Waals surface area contributed by atoms with Crippen molar-refractivity contribution in [3.05, 3.63) is 0 Å². The maximum absolute atomic E-state index is 5.60. The zero-order valence-electron chi connectivity index (χ0n) is 13.4. The topological polar surface area (TPSA) is 24.5 Å². The van der Waals surface area contributed by atoms with E-state index in [0.29, 0.717) is 11.1 Å². The van der Waals surface area contributed by atoms with Crippen LogP contribution in [0.1, 0.15) is 58.8 Å². The number of hydrogen-bond donors (Lipinski definition) is 1. The molecule has 2 atom stereocenters. The molecule has 0 bridgehead atoms. The van der Waals surface area contributed by atoms with E-state index >= 15 is 0 Å². The monoisotopic (exact) mass is 280 g/mol. The van der Waals surface area contributed by atoms with Gasteiger partial charge in [0.2, 0.25) is 0 Å². The van der Waals surface area contributed by atoms with E-state index in [1.54, 1.807) is 0 Å². The van der Waals surface area contributed by atoms with Gasteiger partial charge in [-0.25, -0.2) is 0 Å². The van der Waals surface area contributed by atoms with Crippen molar-refractivity contribution in [1.29, 1.82) is 0 Å². The van der Waals surface area contributed by atoms with Gasteiger partial charge in [-0.1, -0.05) is 26.2 Å². The Hall–Kier alpha value is -0.120. The van der Waals surface area contributed by atoms with Crippen LogP contribution in [0.3, 0.4) is 0 Å². The Labute approximate surface area is 124 Å². The normalized spacial score (nSPS) is 38.4. The molecule has 0 aromatic rings. The number of nitrogens with zero attached hydrogens (tertiary/aromatic N) is 1. The highest BCUT2D eigenvalue weighted by atomic mass is 16.5. The highest BCUT2D eigenvalue weighted by Crippen LogP contribution is 2.36. The van der Waals surface area contributed by atoms with Crippen molar-refractivity contribution >= 4 is 0 Å². The first-order valence-electron chi connectivity index (χ1n) is 8.74. The Morgan fingerprint density at radius 2 is 2.05 bits per heavy atom. The van der Waals surface area contributed by atoms with Gasteiger partial charge in [-0.2, -0.15) is 0 Å². The minimum Gasteiger partial charge on any atom is -0.381 e. The molecule has 0 aromatic carbocycles. The summed E-state index contributed by atoms with van der Waals surface area (Å²) in [5, 5.41) is 3.96. The smallest absolute Gasteiger partial charge is 0.0507 e. The van der Waals surface area contributed by atoms with Crippen LogP contribution in [0.25, 0.3) is 0 Å². The second-order valence-electron chi connectivity index (χ2n) is 7.66. The number of nitrogens with one attached hydrogen (secondary N) is 1. The average Bonchev–Trinajstić information content (AvgIpc) is 2.97. The van der Waals surface area contributed by atoms with Gasteiger partial charge in [0, 0.05) is 37.3 Å². The van der Waals surface area contributed by atoms with Crippen molar-refractivity contribution < 1.29 is 4.74 Å². The van der Waals surface area contributed by atoms with E-state index in [0.717, 1.165) is 25.7 Å². The number of ether oxygens (including phenoxy) is 1. The number of rotatable bonds is 3. The Morgan fingerprint density at radius 1 is 1.25 bits per heavy atom. The van der Waals surface area contributed by atoms with Crippen molar-refractivity contribution in [2.75, 3.05) is 32.8 Å². The summed E-state index contributed by atoms with van der Waals surface area (Å²) in [6.07, 6.45) is 9.52. The third kappa shape index (κ3) is 2.90. The lowest BCUT2D eigenvalue weighted by molar-refractivity contribution is -0.0120. The summed E-state index contributed by atoms with van der Waals surface area (Å²) >= 11 is 0. The fourth-order valence-electron chi connectivity index (χ4n) is 4.34. The number of hydrogen-bond acceptors (Lipinski definition) is 3. The standard InChI is InChI=1S/C17H32N2O/c1-3-16(2)13-18-17(8-5-4-6-9-17)14-19(16)11-15-7-10-20-12-15/h15,18H,3-14H2,1-2H3. The Bertz CT molecular complexity index is 321. The molecule has 3 aliphatic rings. The van der Waals surface area contributed by atoms with E-state index in [1.807, 2.05) is 0 Å². The van der Waals surface area contributed by atoms with Gasteiger partial charge in [0.25, 0.3) is 0 Å². The van der Waals surface area contributed by atoms with Gasteiger partial charge in [-0.05, 0) is 38.5 Å². The lowest BCUT2D eigenvalue weighted by Gasteiger charge is -2.55. The molecule has 1 N–H and O–H groups in total. The molecule has 2 unspecified atom stereocenters. The molecule has 1 saturated carbocycles. The SMILES string of the molecule is CCC1(C)CNC2(CCCCC2)CN1CC1CCOC1. The Morgan fingerprint density at radius 3 is 2.70 bits per heavy atom. The molecule has 1 aliphatic carbocycles. The van der Waals surface area contributed by atoms with Crippen molar-refractivity contribution in [3.8, 4) is 0 Å². The van der Waals surface area contributed by atoms with Gasteiger partial charge >= 0.3 is 0 Å². The van der Waals surface area contributed by atoms with E-state index < -0.39 is 0 Å². The van der Waals surface area contributed by atoms with Crippen LogP contribution in [0.4, 0.5) is 0 Å². The van der Waals surface area contributed by atoms with Crippen LogP contribution < -0.4 is 5.32 Å². The molecule has 3 heteroatoms. The first kappa shape index (κ1) is 14.8. The van der Waals surface area contributed by atoms with Crippen LogP contribution in [-0.4, -0.2) is 48.8 Å². The minimum absolute atomic E-state index is 0.339. The van der Waals surface area contributed by atoms with Crippen molar-refractivity contribution in [3.63, 3.8) is 0 Å². The molecule has 116 valence electrons. The predicted octanol–water partition coefficient (Wildman–Crippen LogP) is 2.80. The van der Waals surface area contributed by atoms with Gasteiger partial charge in [0.05, 0.1) is 6.61 Å². The maximum atomic E-state index is 5.60. The fraction of sp³-hybridized carbons (Fsp3) is 1.00. The summed E-state index contributed by atoms with van der Waals surface area (Å²) in [5.41, 5.74) is 0.762. The zero-order chi connectivity index (χ0) is 14.1. The second kappa shape index (κ2) is 5.94. The van der Waals surface area contributed by atoms with E-state index in [1.165, 1.54) is 58.0 Å². The van der Waals surface area contributed by atoms with Crippen LogP contribution in [0.15, 0.2) is 0 Å². The molecule has 0 aromatic heterocycles. The largest absolute Gasteiger partial charge is 0.381 e. The van der Waals surface area contributed by atoms with Crippen molar-refractivity contribution in [2.24, 2.45) is 5.92 Å². The lowest BCUT2D eigenvalue weighted by Crippen LogP contribution is -2.69. The van der Waals surface area contributed by atoms with Gasteiger partial charge in [-0.15, -0.1) is 0 Å². The summed E-state index contributed by atoms with van der Waals surface area (Å²) < 4.78 is 5.60. The molecular formula is C17H32N2O. The molecule has 2 saturated heterocycles. The van der Waals surface area contributed by atoms with Gasteiger partial charge in [-0.3, -0.25) is 4.90 Å². The molecule has 3 nitrogen and oxygen atoms in total. The van der Waals surface area contributed by atoms with Crippen LogP contribution >= 0.6 is 0 Å². The summed E-state index contributed by atoms with van der Waals surface area (Å²) in [4.78, 5) is 2.81. The summed E-state index contributed by atoms with van der Waals surface area (Å²) in [6, 6.07) is 0. The number of piperazine rings is 1. The fourth-order valence-corrected chi connectivity index (χ4v) is 4.34. The third-order valence-electron chi connectivity index (χ3n) is 6.18. The molecule has 20 heavy (non-hydrogen) atoms. The van der Waals surface area contributed by atoms with Gasteiger partial charge in [0.1, 0.15) is 0 Å². The first-order valence-corrected chi connectivity index (χ1v) is 8.74. The second-order valence-corrected chi connectivity index (χ2v) is 7.66. The van der Waals surface area contributed by atoms with Crippen molar-refractivity contribution in [2.45, 2.75) is 69.9 Å². The Balaban J connectivity index is 1.70. The quantitative estimate of drug-likeness (QED) is 0.860.